The lowest BCUT2D eigenvalue weighted by molar-refractivity contribution is -0.0698. The maximum atomic E-state index is 11.5. The molecule has 1 aliphatic rings. The number of rotatable bonds is 2. The molecule has 9 heteroatoms. The van der Waals surface area contributed by atoms with Crippen molar-refractivity contribution >= 4 is 15.9 Å². The Morgan fingerprint density at radius 3 is 2.67 bits per heavy atom. The number of aromatic nitrogens is 2. The Hall–Kier alpha value is -1.00. The van der Waals surface area contributed by atoms with Gasteiger partial charge in [0.2, 0.25) is 0 Å². The van der Waals surface area contributed by atoms with Crippen molar-refractivity contribution in [3.05, 3.63) is 33.1 Å². The molecule has 4 N–H and O–H groups in total. The van der Waals surface area contributed by atoms with Crippen molar-refractivity contribution in [2.75, 3.05) is 6.61 Å². The van der Waals surface area contributed by atoms with Gasteiger partial charge in [-0.05, 0) is 15.9 Å². The number of aliphatic hydroxyl groups is 3. The van der Waals surface area contributed by atoms with E-state index in [2.05, 4.69) is 15.9 Å². The number of alkyl halides is 1. The smallest absolute Gasteiger partial charge is 0.330 e. The normalized spacial score (nSPS) is 35.9. The van der Waals surface area contributed by atoms with E-state index in [1.165, 1.54) is 0 Å². The lowest BCUT2D eigenvalue weighted by Gasteiger charge is -2.22. The Morgan fingerprint density at radius 1 is 1.50 bits per heavy atom. The number of hydrogen-bond donors (Lipinski definition) is 4. The number of H-pyrrole nitrogens is 1. The number of aliphatic hydroxyl groups excluding tert-OH is 3. The highest BCUT2D eigenvalue weighted by Gasteiger charge is 2.53. The van der Waals surface area contributed by atoms with E-state index in [1.807, 2.05) is 4.98 Å². The van der Waals surface area contributed by atoms with Crippen molar-refractivity contribution in [2.24, 2.45) is 0 Å². The van der Waals surface area contributed by atoms with Gasteiger partial charge in [0.25, 0.3) is 5.56 Å². The Bertz CT molecular complexity index is 556. The fourth-order valence-corrected chi connectivity index (χ4v) is 2.19. The van der Waals surface area contributed by atoms with Gasteiger partial charge in [-0.2, -0.15) is 0 Å². The Kier molecular flexibility index (Phi) is 3.43. The minimum atomic E-state index is -1.55. The van der Waals surface area contributed by atoms with E-state index < -0.39 is 40.8 Å². The van der Waals surface area contributed by atoms with Gasteiger partial charge in [-0.1, -0.05) is 0 Å². The van der Waals surface area contributed by atoms with Gasteiger partial charge in [0, 0.05) is 12.3 Å². The van der Waals surface area contributed by atoms with Crippen molar-refractivity contribution in [3.63, 3.8) is 0 Å². The van der Waals surface area contributed by atoms with E-state index in [-0.39, 0.29) is 0 Å². The molecule has 100 valence electrons. The van der Waals surface area contributed by atoms with Crippen molar-refractivity contribution < 1.29 is 20.1 Å². The average molecular weight is 323 g/mol. The van der Waals surface area contributed by atoms with Crippen LogP contribution in [0.3, 0.4) is 0 Å². The van der Waals surface area contributed by atoms with Crippen LogP contribution in [-0.4, -0.2) is 48.2 Å². The van der Waals surface area contributed by atoms with Crippen LogP contribution in [0.5, 0.6) is 0 Å². The maximum Gasteiger partial charge on any atom is 0.330 e. The van der Waals surface area contributed by atoms with Crippen molar-refractivity contribution in [3.8, 4) is 0 Å². The van der Waals surface area contributed by atoms with Gasteiger partial charge >= 0.3 is 5.69 Å². The predicted molar refractivity (Wildman–Crippen MR) is 62.2 cm³/mol. The summed E-state index contributed by atoms with van der Waals surface area (Å²) < 4.78 is 4.61. The standard InChI is InChI=1S/C9H11BrN2O6/c10-9(3-13)6(16)5(15)7(18-9)12-2-1-4(14)11-8(12)17/h1-2,5-7,13,15-16H,3H2,(H,11,14,17)/t5-,6+,7-,9-/m1/s1. The lowest BCUT2D eigenvalue weighted by atomic mass is 10.1. The highest BCUT2D eigenvalue weighted by atomic mass is 79.9. The summed E-state index contributed by atoms with van der Waals surface area (Å²) in [5, 5.41) is 28.6. The van der Waals surface area contributed by atoms with Crippen LogP contribution in [0.4, 0.5) is 0 Å². The van der Waals surface area contributed by atoms with E-state index in [4.69, 9.17) is 9.84 Å². The molecule has 0 aliphatic carbocycles. The number of aromatic amines is 1. The molecule has 0 spiro atoms. The largest absolute Gasteiger partial charge is 0.392 e. The fraction of sp³-hybridized carbons (Fsp3) is 0.556. The molecule has 1 aromatic rings. The molecule has 4 atom stereocenters. The zero-order valence-corrected chi connectivity index (χ0v) is 10.6. The molecule has 2 heterocycles. The molecule has 0 aromatic carbocycles. The van der Waals surface area contributed by atoms with Crippen molar-refractivity contribution in [1.29, 1.82) is 0 Å². The number of hydrogen-bond acceptors (Lipinski definition) is 6. The second-order valence-electron chi connectivity index (χ2n) is 3.91. The van der Waals surface area contributed by atoms with Gasteiger partial charge in [0.05, 0.1) is 6.61 Å². The monoisotopic (exact) mass is 322 g/mol. The fourth-order valence-electron chi connectivity index (χ4n) is 1.73. The number of nitrogens with one attached hydrogen (secondary N) is 1. The number of ether oxygens (including phenoxy) is 1. The van der Waals surface area contributed by atoms with Crippen LogP contribution in [0.15, 0.2) is 21.9 Å². The van der Waals surface area contributed by atoms with Gasteiger partial charge in [-0.3, -0.25) is 14.3 Å². The molecule has 0 amide bonds. The molecule has 1 saturated heterocycles. The van der Waals surface area contributed by atoms with Crippen molar-refractivity contribution in [1.82, 2.24) is 9.55 Å². The van der Waals surface area contributed by atoms with Crippen LogP contribution in [0, 0.1) is 0 Å². The van der Waals surface area contributed by atoms with Crippen LogP contribution < -0.4 is 11.2 Å². The van der Waals surface area contributed by atoms with Crippen LogP contribution in [0.2, 0.25) is 0 Å². The molecule has 0 unspecified atom stereocenters. The minimum Gasteiger partial charge on any atom is -0.392 e. The Balaban J connectivity index is 2.41. The van der Waals surface area contributed by atoms with Crippen LogP contribution in [-0.2, 0) is 4.74 Å². The molecule has 1 aromatic heterocycles. The van der Waals surface area contributed by atoms with E-state index in [0.717, 1.165) is 16.8 Å². The van der Waals surface area contributed by atoms with Gasteiger partial charge in [0.1, 0.15) is 12.2 Å². The van der Waals surface area contributed by atoms with Crippen LogP contribution >= 0.6 is 15.9 Å². The zero-order valence-electron chi connectivity index (χ0n) is 8.99. The summed E-state index contributed by atoms with van der Waals surface area (Å²) in [7, 11) is 0. The van der Waals surface area contributed by atoms with E-state index in [9.17, 15) is 19.8 Å². The topological polar surface area (TPSA) is 125 Å². The van der Waals surface area contributed by atoms with E-state index >= 15 is 0 Å². The van der Waals surface area contributed by atoms with E-state index in [0.29, 0.717) is 0 Å². The van der Waals surface area contributed by atoms with E-state index in [1.54, 1.807) is 0 Å². The quantitative estimate of drug-likeness (QED) is 0.461. The summed E-state index contributed by atoms with van der Waals surface area (Å²) in [5.74, 6) is 0. The summed E-state index contributed by atoms with van der Waals surface area (Å²) in [5.41, 5.74) is -1.37. The van der Waals surface area contributed by atoms with Gasteiger partial charge in [-0.25, -0.2) is 4.79 Å². The van der Waals surface area contributed by atoms with Crippen LogP contribution in [0.1, 0.15) is 6.23 Å². The lowest BCUT2D eigenvalue weighted by Crippen LogP contribution is -2.41. The summed E-state index contributed by atoms with van der Waals surface area (Å²) >= 11 is 2.96. The molecule has 0 saturated carbocycles. The van der Waals surface area contributed by atoms with Gasteiger partial charge < -0.3 is 20.1 Å². The third kappa shape index (κ3) is 2.04. The maximum absolute atomic E-state index is 11.5. The summed E-state index contributed by atoms with van der Waals surface area (Å²) in [4.78, 5) is 24.4. The van der Waals surface area contributed by atoms with Crippen LogP contribution in [0.25, 0.3) is 0 Å². The minimum absolute atomic E-state index is 0.587. The molecular weight excluding hydrogens is 312 g/mol. The number of nitrogens with zero attached hydrogens (tertiary/aromatic N) is 1. The first-order valence-corrected chi connectivity index (χ1v) is 5.83. The average Bonchev–Trinajstić information content (AvgIpc) is 2.55. The molecule has 1 aliphatic heterocycles. The molecule has 18 heavy (non-hydrogen) atoms. The number of halogens is 1. The molecular formula is C9H11BrN2O6. The second-order valence-corrected chi connectivity index (χ2v) is 5.25. The highest BCUT2D eigenvalue weighted by Crippen LogP contribution is 2.40. The van der Waals surface area contributed by atoms with Gasteiger partial charge in [-0.15, -0.1) is 0 Å². The molecule has 2 rings (SSSR count). The first-order valence-electron chi connectivity index (χ1n) is 5.04. The van der Waals surface area contributed by atoms with Crippen molar-refractivity contribution in [2.45, 2.75) is 22.9 Å². The molecule has 0 radical (unpaired) electrons. The predicted octanol–water partition coefficient (Wildman–Crippen LogP) is -2.13. The highest BCUT2D eigenvalue weighted by molar-refractivity contribution is 9.10. The van der Waals surface area contributed by atoms with Gasteiger partial charge in [0.15, 0.2) is 10.7 Å². The summed E-state index contributed by atoms with van der Waals surface area (Å²) in [6.07, 6.45) is -2.93. The molecule has 0 bridgehead atoms. The third-order valence-electron chi connectivity index (χ3n) is 2.71. The summed E-state index contributed by atoms with van der Waals surface area (Å²) in [6, 6.07) is 1.08. The molecule has 1 fully saturated rings. The Morgan fingerprint density at radius 2 is 2.17 bits per heavy atom. The molecule has 8 nitrogen and oxygen atoms in total. The Labute approximate surface area is 109 Å². The first-order chi connectivity index (χ1) is 8.39. The second kappa shape index (κ2) is 4.59. The SMILES string of the molecule is O=c1ccn([C@@H]2O[C@](Br)(CO)[C@@H](O)[C@H]2O)c(=O)[nH]1. The first kappa shape index (κ1) is 13.4. The zero-order chi connectivity index (χ0) is 13.5. The third-order valence-corrected chi connectivity index (χ3v) is 3.62. The summed E-state index contributed by atoms with van der Waals surface area (Å²) in [6.45, 7) is -0.597.